The molecule has 0 unspecified atom stereocenters. The molecule has 1 rings (SSSR count). The number of methoxy groups -OCH3 is 1. The third kappa shape index (κ3) is 4.15. The monoisotopic (exact) mass is 281 g/mol. The molecule has 0 aliphatic carbocycles. The first-order valence-electron chi connectivity index (χ1n) is 6.25. The van der Waals surface area contributed by atoms with Crippen LogP contribution in [0.3, 0.4) is 0 Å². The van der Waals surface area contributed by atoms with E-state index in [-0.39, 0.29) is 17.2 Å². The van der Waals surface area contributed by atoms with Crippen LogP contribution in [0.25, 0.3) is 0 Å². The van der Waals surface area contributed by atoms with Crippen LogP contribution in [0.4, 0.5) is 0 Å². The van der Waals surface area contributed by atoms with Gasteiger partial charge in [-0.3, -0.25) is 4.79 Å². The molecule has 6 nitrogen and oxygen atoms in total. The molecule has 0 radical (unpaired) electrons. The number of carboxylic acids is 1. The van der Waals surface area contributed by atoms with Gasteiger partial charge in [0.2, 0.25) is 0 Å². The standard InChI is InChI=1S/C14H19NO5/c1-8(2)6-11(14(18)19)15-13(17)10-7-9(20-3)4-5-12(10)16/h4-5,7-8,11,16H,6H2,1-3H3,(H,15,17)(H,18,19)/t11-/m0/s1. The fourth-order valence-electron chi connectivity index (χ4n) is 1.75. The van der Waals surface area contributed by atoms with Crippen LogP contribution in [-0.2, 0) is 4.79 Å². The van der Waals surface area contributed by atoms with Gasteiger partial charge in [0.15, 0.2) is 0 Å². The highest BCUT2D eigenvalue weighted by Crippen LogP contribution is 2.23. The summed E-state index contributed by atoms with van der Waals surface area (Å²) in [4.78, 5) is 23.1. The number of benzene rings is 1. The Bertz CT molecular complexity index is 498. The number of phenols is 1. The van der Waals surface area contributed by atoms with Crippen LogP contribution in [-0.4, -0.2) is 35.2 Å². The summed E-state index contributed by atoms with van der Waals surface area (Å²) >= 11 is 0. The van der Waals surface area contributed by atoms with E-state index in [4.69, 9.17) is 9.84 Å². The average Bonchev–Trinajstić information content (AvgIpc) is 2.37. The molecule has 0 heterocycles. The Kier molecular flexibility index (Phi) is 5.37. The minimum Gasteiger partial charge on any atom is -0.507 e. The molecule has 0 aliphatic heterocycles. The molecular weight excluding hydrogens is 262 g/mol. The molecule has 3 N–H and O–H groups in total. The van der Waals surface area contributed by atoms with Crippen molar-refractivity contribution in [3.05, 3.63) is 23.8 Å². The zero-order valence-corrected chi connectivity index (χ0v) is 11.7. The van der Waals surface area contributed by atoms with E-state index >= 15 is 0 Å². The minimum absolute atomic E-state index is 0.0145. The van der Waals surface area contributed by atoms with Gasteiger partial charge in [-0.15, -0.1) is 0 Å². The van der Waals surface area contributed by atoms with Gasteiger partial charge in [-0.05, 0) is 30.5 Å². The molecule has 0 aliphatic rings. The van der Waals surface area contributed by atoms with Gasteiger partial charge in [-0.1, -0.05) is 13.8 Å². The predicted molar refractivity (Wildman–Crippen MR) is 73.0 cm³/mol. The molecule has 0 spiro atoms. The molecule has 110 valence electrons. The summed E-state index contributed by atoms with van der Waals surface area (Å²) in [7, 11) is 1.44. The molecule has 0 saturated carbocycles. The number of carboxylic acid groups (broad SMARTS) is 1. The van der Waals surface area contributed by atoms with E-state index in [9.17, 15) is 14.7 Å². The summed E-state index contributed by atoms with van der Waals surface area (Å²) in [6.45, 7) is 3.73. The van der Waals surface area contributed by atoms with Crippen LogP contribution in [0.1, 0.15) is 30.6 Å². The van der Waals surface area contributed by atoms with E-state index in [1.54, 1.807) is 0 Å². The maximum absolute atomic E-state index is 12.0. The van der Waals surface area contributed by atoms with Crippen LogP contribution < -0.4 is 10.1 Å². The summed E-state index contributed by atoms with van der Waals surface area (Å²) in [6, 6.07) is 3.20. The third-order valence-electron chi connectivity index (χ3n) is 2.76. The number of amides is 1. The molecule has 1 amide bonds. The van der Waals surface area contributed by atoms with Crippen molar-refractivity contribution in [1.82, 2.24) is 5.32 Å². The van der Waals surface area contributed by atoms with Gasteiger partial charge in [0, 0.05) is 0 Å². The lowest BCUT2D eigenvalue weighted by Gasteiger charge is -2.17. The van der Waals surface area contributed by atoms with E-state index < -0.39 is 17.9 Å². The summed E-state index contributed by atoms with van der Waals surface area (Å²) in [5.41, 5.74) is -0.0145. The third-order valence-corrected chi connectivity index (χ3v) is 2.76. The fourth-order valence-corrected chi connectivity index (χ4v) is 1.75. The molecular formula is C14H19NO5. The van der Waals surface area contributed by atoms with Gasteiger partial charge in [-0.25, -0.2) is 4.79 Å². The van der Waals surface area contributed by atoms with Crippen LogP contribution in [0.15, 0.2) is 18.2 Å². The second kappa shape index (κ2) is 6.79. The van der Waals surface area contributed by atoms with Crippen LogP contribution >= 0.6 is 0 Å². The number of hydrogen-bond donors (Lipinski definition) is 3. The molecule has 6 heteroatoms. The average molecular weight is 281 g/mol. The predicted octanol–water partition coefficient (Wildman–Crippen LogP) is 1.63. The van der Waals surface area contributed by atoms with Crippen molar-refractivity contribution in [3.8, 4) is 11.5 Å². The number of carbonyl (C=O) groups is 2. The van der Waals surface area contributed by atoms with Gasteiger partial charge in [0.1, 0.15) is 17.5 Å². The Morgan fingerprint density at radius 2 is 2.00 bits per heavy atom. The second-order valence-electron chi connectivity index (χ2n) is 4.88. The molecule has 20 heavy (non-hydrogen) atoms. The lowest BCUT2D eigenvalue weighted by molar-refractivity contribution is -0.139. The Morgan fingerprint density at radius 1 is 1.35 bits per heavy atom. The Hall–Kier alpha value is -2.24. The van der Waals surface area contributed by atoms with Crippen LogP contribution in [0, 0.1) is 5.92 Å². The molecule has 0 bridgehead atoms. The number of carbonyl (C=O) groups excluding carboxylic acids is 1. The molecule has 0 fully saturated rings. The minimum atomic E-state index is -1.10. The molecule has 1 aromatic rings. The van der Waals surface area contributed by atoms with E-state index in [2.05, 4.69) is 5.32 Å². The summed E-state index contributed by atoms with van der Waals surface area (Å²) in [6.07, 6.45) is 0.311. The zero-order chi connectivity index (χ0) is 15.3. The lowest BCUT2D eigenvalue weighted by Crippen LogP contribution is -2.41. The van der Waals surface area contributed by atoms with E-state index in [0.717, 1.165) is 0 Å². The fraction of sp³-hybridized carbons (Fsp3) is 0.429. The summed E-state index contributed by atoms with van der Waals surface area (Å²) in [5.74, 6) is -1.44. The smallest absolute Gasteiger partial charge is 0.326 e. The van der Waals surface area contributed by atoms with Crippen molar-refractivity contribution < 1.29 is 24.5 Å². The number of aliphatic carboxylic acids is 1. The highest BCUT2D eigenvalue weighted by atomic mass is 16.5. The Balaban J connectivity index is 2.91. The number of hydrogen-bond acceptors (Lipinski definition) is 4. The molecule has 0 saturated heterocycles. The first-order valence-corrected chi connectivity index (χ1v) is 6.25. The second-order valence-corrected chi connectivity index (χ2v) is 4.88. The Labute approximate surface area is 117 Å². The van der Waals surface area contributed by atoms with Crippen molar-refractivity contribution >= 4 is 11.9 Å². The van der Waals surface area contributed by atoms with E-state index in [1.807, 2.05) is 13.8 Å². The summed E-state index contributed by atoms with van der Waals surface area (Å²) in [5, 5.41) is 21.2. The molecule has 0 aromatic heterocycles. The molecule has 1 aromatic carbocycles. The number of rotatable bonds is 6. The number of ether oxygens (including phenoxy) is 1. The lowest BCUT2D eigenvalue weighted by atomic mass is 10.0. The van der Waals surface area contributed by atoms with Crippen molar-refractivity contribution in [2.24, 2.45) is 5.92 Å². The largest absolute Gasteiger partial charge is 0.507 e. The van der Waals surface area contributed by atoms with Gasteiger partial charge in [0.25, 0.3) is 5.91 Å². The van der Waals surface area contributed by atoms with Crippen LogP contribution in [0.2, 0.25) is 0 Å². The van der Waals surface area contributed by atoms with Crippen molar-refractivity contribution in [3.63, 3.8) is 0 Å². The maximum Gasteiger partial charge on any atom is 0.326 e. The highest BCUT2D eigenvalue weighted by molar-refractivity contribution is 5.99. The van der Waals surface area contributed by atoms with Gasteiger partial charge in [0.05, 0.1) is 12.7 Å². The number of phenolic OH excluding ortho intramolecular Hbond substituents is 1. The SMILES string of the molecule is COc1ccc(O)c(C(=O)N[C@@H](CC(C)C)C(=O)O)c1. The number of nitrogens with one attached hydrogen (secondary N) is 1. The van der Waals surface area contributed by atoms with Crippen molar-refractivity contribution in [2.45, 2.75) is 26.3 Å². The van der Waals surface area contributed by atoms with E-state index in [1.165, 1.54) is 25.3 Å². The first kappa shape index (κ1) is 15.8. The topological polar surface area (TPSA) is 95.9 Å². The maximum atomic E-state index is 12.0. The van der Waals surface area contributed by atoms with Gasteiger partial charge in [-0.2, -0.15) is 0 Å². The van der Waals surface area contributed by atoms with E-state index in [0.29, 0.717) is 12.2 Å². The number of aromatic hydroxyl groups is 1. The van der Waals surface area contributed by atoms with Gasteiger partial charge < -0.3 is 20.3 Å². The zero-order valence-electron chi connectivity index (χ0n) is 11.7. The normalized spacial score (nSPS) is 12.0. The first-order chi connectivity index (χ1) is 9.35. The summed E-state index contributed by atoms with van der Waals surface area (Å²) < 4.78 is 4.97. The Morgan fingerprint density at radius 3 is 2.50 bits per heavy atom. The quantitative estimate of drug-likeness (QED) is 0.736. The van der Waals surface area contributed by atoms with Crippen molar-refractivity contribution in [1.29, 1.82) is 0 Å². The van der Waals surface area contributed by atoms with Crippen LogP contribution in [0.5, 0.6) is 11.5 Å². The highest BCUT2D eigenvalue weighted by Gasteiger charge is 2.23. The molecule has 1 atom stereocenters. The van der Waals surface area contributed by atoms with Gasteiger partial charge >= 0.3 is 5.97 Å². The van der Waals surface area contributed by atoms with Crippen molar-refractivity contribution in [2.75, 3.05) is 7.11 Å².